The van der Waals surface area contributed by atoms with E-state index in [4.69, 9.17) is 25.8 Å². The molecule has 0 spiro atoms. The van der Waals surface area contributed by atoms with Crippen molar-refractivity contribution in [1.82, 2.24) is 5.43 Å². The second-order valence-electron chi connectivity index (χ2n) is 6.49. The van der Waals surface area contributed by atoms with Crippen LogP contribution in [0.2, 0.25) is 5.02 Å². The maximum atomic E-state index is 13.1. The van der Waals surface area contributed by atoms with E-state index in [2.05, 4.69) is 26.5 Å². The molecule has 0 saturated heterocycles. The minimum Gasteiger partial charge on any atom is -0.496 e. The first-order valence-corrected chi connectivity index (χ1v) is 10.5. The fraction of sp³-hybridized carbons (Fsp3) is 0.130. The van der Waals surface area contributed by atoms with Gasteiger partial charge in [-0.1, -0.05) is 39.7 Å². The lowest BCUT2D eigenvalue weighted by molar-refractivity contribution is 0.0952. The Morgan fingerprint density at radius 1 is 1.09 bits per heavy atom. The van der Waals surface area contributed by atoms with Crippen molar-refractivity contribution >= 4 is 39.7 Å². The summed E-state index contributed by atoms with van der Waals surface area (Å²) in [5, 5.41) is 4.28. The zero-order chi connectivity index (χ0) is 23.1. The van der Waals surface area contributed by atoms with Gasteiger partial charge in [-0.05, 0) is 53.6 Å². The standard InChI is InChI=1S/C23H19BrClFN2O4/c1-30-20-8-5-16(24)11-18(20)23(29)28-27-12-15-9-19(25)22(21(10-15)31-2)32-13-14-3-6-17(26)7-4-14/h3-12H,13H2,1-2H3,(H,28,29)/b27-12-. The molecule has 0 fully saturated rings. The number of benzene rings is 3. The van der Waals surface area contributed by atoms with Crippen LogP contribution in [0.3, 0.4) is 0 Å². The molecule has 0 heterocycles. The summed E-state index contributed by atoms with van der Waals surface area (Å²) in [4.78, 5) is 12.4. The largest absolute Gasteiger partial charge is 0.496 e. The molecule has 0 radical (unpaired) electrons. The van der Waals surface area contributed by atoms with Crippen LogP contribution in [0.5, 0.6) is 17.2 Å². The Morgan fingerprint density at radius 2 is 1.81 bits per heavy atom. The highest BCUT2D eigenvalue weighted by Gasteiger charge is 2.14. The van der Waals surface area contributed by atoms with Crippen LogP contribution < -0.4 is 19.6 Å². The van der Waals surface area contributed by atoms with Crippen LogP contribution in [0.1, 0.15) is 21.5 Å². The number of amides is 1. The van der Waals surface area contributed by atoms with Crippen molar-refractivity contribution in [1.29, 1.82) is 0 Å². The van der Waals surface area contributed by atoms with Crippen LogP contribution in [0.15, 0.2) is 64.2 Å². The lowest BCUT2D eigenvalue weighted by atomic mass is 10.2. The van der Waals surface area contributed by atoms with Crippen LogP contribution in [-0.2, 0) is 6.61 Å². The number of nitrogens with one attached hydrogen (secondary N) is 1. The van der Waals surface area contributed by atoms with E-state index >= 15 is 0 Å². The Kier molecular flexibility index (Phi) is 8.08. The van der Waals surface area contributed by atoms with Crippen LogP contribution >= 0.6 is 27.5 Å². The van der Waals surface area contributed by atoms with Crippen molar-refractivity contribution in [3.05, 3.63) is 86.6 Å². The number of carbonyl (C=O) groups excluding carboxylic acids is 1. The molecule has 0 saturated carbocycles. The number of halogens is 3. The number of carbonyl (C=O) groups is 1. The van der Waals surface area contributed by atoms with Crippen molar-refractivity contribution in [2.45, 2.75) is 6.61 Å². The van der Waals surface area contributed by atoms with Crippen molar-refractivity contribution in [2.75, 3.05) is 14.2 Å². The van der Waals surface area contributed by atoms with Gasteiger partial charge in [0.05, 0.1) is 31.0 Å². The average Bonchev–Trinajstić information content (AvgIpc) is 2.79. The lowest BCUT2D eigenvalue weighted by Crippen LogP contribution is -2.18. The highest BCUT2D eigenvalue weighted by Crippen LogP contribution is 2.36. The molecule has 0 bridgehead atoms. The number of hydrogen-bond donors (Lipinski definition) is 1. The maximum Gasteiger partial charge on any atom is 0.275 e. The zero-order valence-electron chi connectivity index (χ0n) is 17.2. The second kappa shape index (κ2) is 11.0. The van der Waals surface area contributed by atoms with Gasteiger partial charge in [0.15, 0.2) is 11.5 Å². The summed E-state index contributed by atoms with van der Waals surface area (Å²) in [6.07, 6.45) is 1.43. The summed E-state index contributed by atoms with van der Waals surface area (Å²) in [6, 6.07) is 14.3. The van der Waals surface area contributed by atoms with Gasteiger partial charge in [0, 0.05) is 4.47 Å². The summed E-state index contributed by atoms with van der Waals surface area (Å²) < 4.78 is 30.1. The summed E-state index contributed by atoms with van der Waals surface area (Å²) in [5.41, 5.74) is 4.15. The molecule has 6 nitrogen and oxygen atoms in total. The van der Waals surface area contributed by atoms with Gasteiger partial charge in [-0.25, -0.2) is 9.82 Å². The third-order valence-corrected chi connectivity index (χ3v) is 5.11. The summed E-state index contributed by atoms with van der Waals surface area (Å²) in [6.45, 7) is 0.189. The van der Waals surface area contributed by atoms with Crippen molar-refractivity contribution in [3.63, 3.8) is 0 Å². The maximum absolute atomic E-state index is 13.1. The Hall–Kier alpha value is -3.10. The first-order chi connectivity index (χ1) is 15.4. The first-order valence-electron chi connectivity index (χ1n) is 9.33. The van der Waals surface area contributed by atoms with Gasteiger partial charge < -0.3 is 14.2 Å². The van der Waals surface area contributed by atoms with E-state index in [1.807, 2.05) is 0 Å². The molecule has 32 heavy (non-hydrogen) atoms. The molecule has 1 amide bonds. The van der Waals surface area contributed by atoms with Gasteiger partial charge in [-0.15, -0.1) is 0 Å². The third kappa shape index (κ3) is 5.99. The molecule has 0 atom stereocenters. The van der Waals surface area contributed by atoms with Gasteiger partial charge in [0.2, 0.25) is 0 Å². The molecule has 166 valence electrons. The summed E-state index contributed by atoms with van der Waals surface area (Å²) in [7, 11) is 2.97. The van der Waals surface area contributed by atoms with Gasteiger partial charge in [-0.3, -0.25) is 4.79 Å². The van der Waals surface area contributed by atoms with Crippen molar-refractivity contribution in [2.24, 2.45) is 5.10 Å². The predicted molar refractivity (Wildman–Crippen MR) is 124 cm³/mol. The molecule has 3 rings (SSSR count). The molecule has 9 heteroatoms. The lowest BCUT2D eigenvalue weighted by Gasteiger charge is -2.13. The number of nitrogens with zero attached hydrogens (tertiary/aromatic N) is 1. The quantitative estimate of drug-likeness (QED) is 0.309. The fourth-order valence-electron chi connectivity index (χ4n) is 2.77. The smallest absolute Gasteiger partial charge is 0.275 e. The number of ether oxygens (including phenoxy) is 3. The second-order valence-corrected chi connectivity index (χ2v) is 7.82. The molecule has 0 unspecified atom stereocenters. The zero-order valence-corrected chi connectivity index (χ0v) is 19.5. The third-order valence-electron chi connectivity index (χ3n) is 4.33. The average molecular weight is 522 g/mol. The Labute approximate surface area is 198 Å². The Bertz CT molecular complexity index is 1140. The van der Waals surface area contributed by atoms with E-state index < -0.39 is 5.91 Å². The summed E-state index contributed by atoms with van der Waals surface area (Å²) in [5.74, 6) is 0.406. The Morgan fingerprint density at radius 3 is 2.50 bits per heavy atom. The van der Waals surface area contributed by atoms with Crippen molar-refractivity contribution in [3.8, 4) is 17.2 Å². The van der Waals surface area contributed by atoms with Gasteiger partial charge >= 0.3 is 0 Å². The van der Waals surface area contributed by atoms with E-state index in [1.165, 1.54) is 32.6 Å². The number of hydrogen-bond acceptors (Lipinski definition) is 5. The molecular weight excluding hydrogens is 503 g/mol. The molecule has 0 aliphatic carbocycles. The molecule has 0 aliphatic rings. The van der Waals surface area contributed by atoms with E-state index in [0.29, 0.717) is 33.4 Å². The molecule has 3 aromatic carbocycles. The monoisotopic (exact) mass is 520 g/mol. The highest BCUT2D eigenvalue weighted by atomic mass is 79.9. The molecule has 0 aliphatic heterocycles. The fourth-order valence-corrected chi connectivity index (χ4v) is 3.41. The van der Waals surface area contributed by atoms with E-state index in [9.17, 15) is 9.18 Å². The van der Waals surface area contributed by atoms with E-state index in [-0.39, 0.29) is 12.4 Å². The number of rotatable bonds is 8. The predicted octanol–water partition coefficient (Wildman–Crippen LogP) is 5.60. The van der Waals surface area contributed by atoms with E-state index in [0.717, 1.165) is 10.0 Å². The van der Waals surface area contributed by atoms with Crippen molar-refractivity contribution < 1.29 is 23.4 Å². The molecule has 1 N–H and O–H groups in total. The summed E-state index contributed by atoms with van der Waals surface area (Å²) >= 11 is 9.69. The van der Waals surface area contributed by atoms with E-state index in [1.54, 1.807) is 42.5 Å². The molecule has 3 aromatic rings. The highest BCUT2D eigenvalue weighted by molar-refractivity contribution is 9.10. The number of hydrazone groups is 1. The van der Waals surface area contributed by atoms with Crippen LogP contribution in [0.25, 0.3) is 0 Å². The SMILES string of the molecule is COc1ccc(Br)cc1C(=O)N/N=C\c1cc(Cl)c(OCc2ccc(F)cc2)c(OC)c1. The van der Waals surface area contributed by atoms with Gasteiger partial charge in [0.1, 0.15) is 18.2 Å². The van der Waals surface area contributed by atoms with Gasteiger partial charge in [-0.2, -0.15) is 5.10 Å². The van der Waals surface area contributed by atoms with Gasteiger partial charge in [0.25, 0.3) is 5.91 Å². The topological polar surface area (TPSA) is 69.2 Å². The minimum atomic E-state index is -0.434. The first kappa shape index (κ1) is 23.6. The normalized spacial score (nSPS) is 10.8. The molecular formula is C23H19BrClFN2O4. The Balaban J connectivity index is 1.71. The van der Waals surface area contributed by atoms with Crippen LogP contribution in [-0.4, -0.2) is 26.3 Å². The molecule has 0 aromatic heterocycles. The minimum absolute atomic E-state index is 0.189. The number of methoxy groups -OCH3 is 2. The van der Waals surface area contributed by atoms with Crippen LogP contribution in [0.4, 0.5) is 4.39 Å². The van der Waals surface area contributed by atoms with Crippen LogP contribution in [0, 0.1) is 5.82 Å².